The van der Waals surface area contributed by atoms with Gasteiger partial charge in [0.2, 0.25) is 0 Å². The fraction of sp³-hybridized carbons (Fsp3) is 0.708. The molecule has 0 aromatic heterocycles. The average Bonchev–Trinajstić information content (AvgIpc) is 3.37. The molecule has 406 valence electrons. The second kappa shape index (κ2) is 58.9. The third-order valence-electron chi connectivity index (χ3n) is 12.6. The maximum Gasteiger partial charge on any atom is 0.306 e. The minimum absolute atomic E-state index is 0.102. The van der Waals surface area contributed by atoms with Crippen molar-refractivity contribution in [3.05, 3.63) is 97.2 Å². The Morgan fingerprint density at radius 1 is 0.296 bits per heavy atom. The molecule has 0 spiro atoms. The van der Waals surface area contributed by atoms with Crippen LogP contribution >= 0.6 is 0 Å². The Morgan fingerprint density at radius 2 is 0.563 bits per heavy atom. The summed E-state index contributed by atoms with van der Waals surface area (Å²) in [6.45, 7) is 6.46. The molecule has 71 heavy (non-hydrogen) atoms. The van der Waals surface area contributed by atoms with E-state index in [1.165, 1.54) is 128 Å². The number of ether oxygens (including phenoxy) is 3. The van der Waals surface area contributed by atoms with Crippen molar-refractivity contribution >= 4 is 17.9 Å². The number of hydrogen-bond donors (Lipinski definition) is 0. The molecule has 0 heterocycles. The van der Waals surface area contributed by atoms with E-state index >= 15 is 0 Å². The lowest BCUT2D eigenvalue weighted by Crippen LogP contribution is -2.30. The van der Waals surface area contributed by atoms with E-state index in [0.717, 1.165) is 103 Å². The van der Waals surface area contributed by atoms with Crippen molar-refractivity contribution in [3.8, 4) is 0 Å². The smallest absolute Gasteiger partial charge is 0.306 e. The summed E-state index contributed by atoms with van der Waals surface area (Å²) in [5.41, 5.74) is 0. The number of hydrogen-bond acceptors (Lipinski definition) is 6. The highest BCUT2D eigenvalue weighted by Crippen LogP contribution is 2.16. The fourth-order valence-electron chi connectivity index (χ4n) is 8.13. The highest BCUT2D eigenvalue weighted by Gasteiger charge is 2.19. The summed E-state index contributed by atoms with van der Waals surface area (Å²) < 4.78 is 16.8. The molecule has 0 aromatic carbocycles. The van der Waals surface area contributed by atoms with Crippen LogP contribution in [0, 0.1) is 0 Å². The van der Waals surface area contributed by atoms with Crippen molar-refractivity contribution in [3.63, 3.8) is 0 Å². The number of carbonyl (C=O) groups excluding carboxylic acids is 3. The summed E-state index contributed by atoms with van der Waals surface area (Å²) in [7, 11) is 0. The van der Waals surface area contributed by atoms with E-state index in [4.69, 9.17) is 14.2 Å². The monoisotopic (exact) mass is 987 g/mol. The average molecular weight is 988 g/mol. The van der Waals surface area contributed by atoms with Gasteiger partial charge >= 0.3 is 17.9 Å². The van der Waals surface area contributed by atoms with Crippen LogP contribution < -0.4 is 0 Å². The van der Waals surface area contributed by atoms with Crippen LogP contribution in [0.2, 0.25) is 0 Å². The molecule has 1 unspecified atom stereocenters. The van der Waals surface area contributed by atoms with Crippen LogP contribution in [0.5, 0.6) is 0 Å². The summed E-state index contributed by atoms with van der Waals surface area (Å²) in [4.78, 5) is 38.2. The highest BCUT2D eigenvalue weighted by molar-refractivity contribution is 5.71. The van der Waals surface area contributed by atoms with E-state index < -0.39 is 6.10 Å². The third-order valence-corrected chi connectivity index (χ3v) is 12.6. The molecule has 1 atom stereocenters. The quantitative estimate of drug-likeness (QED) is 0.0261. The van der Waals surface area contributed by atoms with E-state index in [1.807, 2.05) is 0 Å². The van der Waals surface area contributed by atoms with Crippen LogP contribution in [-0.2, 0) is 28.6 Å². The van der Waals surface area contributed by atoms with Crippen LogP contribution in [0.1, 0.15) is 278 Å². The first kappa shape index (κ1) is 67.3. The van der Waals surface area contributed by atoms with E-state index in [-0.39, 0.29) is 37.5 Å². The maximum atomic E-state index is 12.9. The molecular formula is C65H110O6. The van der Waals surface area contributed by atoms with Crippen LogP contribution in [0.4, 0.5) is 0 Å². The van der Waals surface area contributed by atoms with E-state index in [1.54, 1.807) is 0 Å². The fourth-order valence-corrected chi connectivity index (χ4v) is 8.13. The Morgan fingerprint density at radius 3 is 0.930 bits per heavy atom. The maximum absolute atomic E-state index is 12.9. The zero-order valence-electron chi connectivity index (χ0n) is 46.5. The van der Waals surface area contributed by atoms with Gasteiger partial charge in [-0.15, -0.1) is 0 Å². The van der Waals surface area contributed by atoms with Gasteiger partial charge in [-0.05, 0) is 96.3 Å². The van der Waals surface area contributed by atoms with E-state index in [2.05, 4.69) is 118 Å². The molecule has 0 radical (unpaired) electrons. The van der Waals surface area contributed by atoms with Gasteiger partial charge in [-0.3, -0.25) is 14.4 Å². The lowest BCUT2D eigenvalue weighted by molar-refractivity contribution is -0.167. The predicted molar refractivity (Wildman–Crippen MR) is 307 cm³/mol. The largest absolute Gasteiger partial charge is 0.462 e. The van der Waals surface area contributed by atoms with E-state index in [9.17, 15) is 14.4 Å². The van der Waals surface area contributed by atoms with Crippen LogP contribution in [0.25, 0.3) is 0 Å². The molecule has 0 bridgehead atoms. The lowest BCUT2D eigenvalue weighted by atomic mass is 10.0. The topological polar surface area (TPSA) is 78.9 Å². The van der Waals surface area contributed by atoms with Crippen LogP contribution in [0.3, 0.4) is 0 Å². The molecule has 0 fully saturated rings. The number of carbonyl (C=O) groups is 3. The van der Waals surface area contributed by atoms with Crippen molar-refractivity contribution in [2.24, 2.45) is 0 Å². The minimum Gasteiger partial charge on any atom is -0.462 e. The van der Waals surface area contributed by atoms with Crippen LogP contribution in [0.15, 0.2) is 97.2 Å². The molecule has 0 saturated heterocycles. The van der Waals surface area contributed by atoms with Gasteiger partial charge in [0, 0.05) is 19.3 Å². The molecule has 0 amide bonds. The Labute approximate surface area is 438 Å². The van der Waals surface area contributed by atoms with Gasteiger partial charge in [0.1, 0.15) is 13.2 Å². The van der Waals surface area contributed by atoms with Crippen LogP contribution in [-0.4, -0.2) is 37.2 Å². The summed E-state index contributed by atoms with van der Waals surface area (Å²) in [5.74, 6) is -0.966. The Bertz CT molecular complexity index is 1410. The Balaban J connectivity index is 4.48. The SMILES string of the molecule is CC/C=C\C/C=C\C/C=C\C/C=C\CCCCCCCCC(=O)OCC(COC(=O)CCCCCCCCCCCCCCCCCCC)OC(=O)CCC/C=C\C/C=C\C/C=C\C/C=C\CCCCC. The van der Waals surface area contributed by atoms with Crippen molar-refractivity contribution in [1.29, 1.82) is 0 Å². The molecule has 0 saturated carbocycles. The van der Waals surface area contributed by atoms with Gasteiger partial charge in [-0.25, -0.2) is 0 Å². The Hall–Kier alpha value is -3.67. The number of esters is 3. The van der Waals surface area contributed by atoms with Gasteiger partial charge in [0.15, 0.2) is 6.10 Å². The standard InChI is InChI=1S/C65H110O6/c1-4-7-10-13-16-19-22-25-28-31-32-35-37-40-43-46-49-52-55-58-64(67)70-61-62(71-65(68)59-56-53-50-47-44-41-38-34-30-27-24-21-18-15-12-9-6-3)60-69-63(66)57-54-51-48-45-42-39-36-33-29-26-23-20-17-14-11-8-5-2/h7,10,16,18-19,21,25,27-28,30,32,35,38,41,47,50,62H,4-6,8-9,11-15,17,20,22-24,26,29,31,33-34,36-37,39-40,42-46,48-49,51-61H2,1-3H3/b10-7-,19-16-,21-18-,28-25-,30-27-,35-32-,41-38-,50-47-. The van der Waals surface area contributed by atoms with Gasteiger partial charge in [-0.2, -0.15) is 0 Å². The second-order valence-electron chi connectivity index (χ2n) is 19.5. The second-order valence-corrected chi connectivity index (χ2v) is 19.5. The zero-order chi connectivity index (χ0) is 51.4. The number of rotatable bonds is 53. The van der Waals surface area contributed by atoms with Crippen molar-refractivity contribution < 1.29 is 28.6 Å². The molecular weight excluding hydrogens is 877 g/mol. The summed E-state index contributed by atoms with van der Waals surface area (Å²) in [6, 6.07) is 0. The Kier molecular flexibility index (Phi) is 55.9. The molecule has 0 N–H and O–H groups in total. The normalized spacial score (nSPS) is 12.8. The zero-order valence-corrected chi connectivity index (χ0v) is 46.5. The van der Waals surface area contributed by atoms with Crippen molar-refractivity contribution in [2.45, 2.75) is 284 Å². The summed E-state index contributed by atoms with van der Waals surface area (Å²) >= 11 is 0. The predicted octanol–water partition coefficient (Wildman–Crippen LogP) is 20.1. The molecule has 0 aliphatic heterocycles. The van der Waals surface area contributed by atoms with Crippen molar-refractivity contribution in [2.75, 3.05) is 13.2 Å². The van der Waals surface area contributed by atoms with E-state index in [0.29, 0.717) is 19.3 Å². The molecule has 0 aliphatic rings. The first-order valence-corrected chi connectivity index (χ1v) is 29.7. The molecule has 6 heteroatoms. The number of unbranched alkanes of at least 4 members (excludes halogenated alkanes) is 26. The molecule has 6 nitrogen and oxygen atoms in total. The van der Waals surface area contributed by atoms with Crippen molar-refractivity contribution in [1.82, 2.24) is 0 Å². The highest BCUT2D eigenvalue weighted by atomic mass is 16.6. The minimum atomic E-state index is -0.812. The van der Waals surface area contributed by atoms with Gasteiger partial charge in [0.05, 0.1) is 0 Å². The van der Waals surface area contributed by atoms with Gasteiger partial charge in [0.25, 0.3) is 0 Å². The molecule has 0 aromatic rings. The van der Waals surface area contributed by atoms with Gasteiger partial charge in [-0.1, -0.05) is 259 Å². The third kappa shape index (κ3) is 57.1. The lowest BCUT2D eigenvalue weighted by Gasteiger charge is -2.18. The summed E-state index contributed by atoms with van der Waals surface area (Å²) in [5, 5.41) is 0. The molecule has 0 rings (SSSR count). The molecule has 0 aliphatic carbocycles. The summed E-state index contributed by atoms with van der Waals surface area (Å²) in [6.07, 6.45) is 78.3. The number of allylic oxidation sites excluding steroid dienone is 16. The first-order valence-electron chi connectivity index (χ1n) is 29.7. The first-order chi connectivity index (χ1) is 35.0. The van der Waals surface area contributed by atoms with Gasteiger partial charge < -0.3 is 14.2 Å².